The molecule has 104 valence electrons. The van der Waals surface area contributed by atoms with Crippen LogP contribution in [0.15, 0.2) is 18.2 Å². The predicted octanol–water partition coefficient (Wildman–Crippen LogP) is 1.11. The van der Waals surface area contributed by atoms with Gasteiger partial charge in [-0.15, -0.1) is 0 Å². The fraction of sp³-hybridized carbons (Fsp3) is 0.462. The first kappa shape index (κ1) is 13.8. The van der Waals surface area contributed by atoms with E-state index in [1.807, 2.05) is 6.92 Å². The summed E-state index contributed by atoms with van der Waals surface area (Å²) in [6, 6.07) is 3.82. The van der Waals surface area contributed by atoms with Crippen molar-refractivity contribution in [2.24, 2.45) is 0 Å². The zero-order valence-corrected chi connectivity index (χ0v) is 10.5. The van der Waals surface area contributed by atoms with Crippen molar-refractivity contribution in [2.45, 2.75) is 19.1 Å². The van der Waals surface area contributed by atoms with E-state index < -0.39 is 17.9 Å². The van der Waals surface area contributed by atoms with Gasteiger partial charge in [-0.25, -0.2) is 9.18 Å². The molecular formula is C13H16FNO4. The second-order valence-corrected chi connectivity index (χ2v) is 4.58. The van der Waals surface area contributed by atoms with Crippen LogP contribution in [0.5, 0.6) is 0 Å². The number of benzene rings is 1. The number of para-hydroxylation sites is 1. The molecule has 0 radical (unpaired) electrons. The minimum Gasteiger partial charge on any atom is -0.478 e. The van der Waals surface area contributed by atoms with Gasteiger partial charge in [0.25, 0.3) is 0 Å². The highest BCUT2D eigenvalue weighted by Crippen LogP contribution is 2.28. The van der Waals surface area contributed by atoms with E-state index in [9.17, 15) is 9.18 Å². The Hall–Kier alpha value is -1.66. The van der Waals surface area contributed by atoms with Crippen molar-refractivity contribution in [1.29, 1.82) is 0 Å². The average molecular weight is 269 g/mol. The van der Waals surface area contributed by atoms with Gasteiger partial charge in [0, 0.05) is 12.6 Å². The molecule has 1 aliphatic rings. The number of hydrogen-bond acceptors (Lipinski definition) is 4. The van der Waals surface area contributed by atoms with Crippen LogP contribution in [0.1, 0.15) is 17.3 Å². The molecule has 0 aliphatic carbocycles. The summed E-state index contributed by atoms with van der Waals surface area (Å²) < 4.78 is 19.4. The number of anilines is 1. The highest BCUT2D eigenvalue weighted by Gasteiger charge is 2.30. The monoisotopic (exact) mass is 269 g/mol. The van der Waals surface area contributed by atoms with Crippen molar-refractivity contribution < 1.29 is 24.1 Å². The lowest BCUT2D eigenvalue weighted by Gasteiger charge is -2.39. The molecule has 1 aliphatic heterocycles. The predicted molar refractivity (Wildman–Crippen MR) is 67.0 cm³/mol. The fourth-order valence-electron chi connectivity index (χ4n) is 2.22. The number of ether oxygens (including phenoxy) is 1. The third-order valence-electron chi connectivity index (χ3n) is 3.21. The van der Waals surface area contributed by atoms with E-state index in [0.29, 0.717) is 6.61 Å². The van der Waals surface area contributed by atoms with Crippen molar-refractivity contribution >= 4 is 11.7 Å². The Bertz CT molecular complexity index is 480. The Morgan fingerprint density at radius 1 is 1.58 bits per heavy atom. The number of carbonyl (C=O) groups is 1. The lowest BCUT2D eigenvalue weighted by Crippen LogP contribution is -2.50. The van der Waals surface area contributed by atoms with E-state index in [4.69, 9.17) is 14.9 Å². The van der Waals surface area contributed by atoms with Crippen LogP contribution in [0.25, 0.3) is 0 Å². The van der Waals surface area contributed by atoms with Crippen molar-refractivity contribution in [3.8, 4) is 0 Å². The summed E-state index contributed by atoms with van der Waals surface area (Å²) in [5, 5.41) is 18.3. The Morgan fingerprint density at radius 2 is 2.32 bits per heavy atom. The number of halogens is 1. The van der Waals surface area contributed by atoms with Gasteiger partial charge in [-0.1, -0.05) is 6.07 Å². The molecule has 0 bridgehead atoms. The van der Waals surface area contributed by atoms with Crippen molar-refractivity contribution in [3.63, 3.8) is 0 Å². The maximum absolute atomic E-state index is 14.0. The number of hydrogen-bond donors (Lipinski definition) is 2. The SMILES string of the molecule is CC1COC(CO)CN1c1c(F)cccc1C(=O)O. The van der Waals surface area contributed by atoms with Gasteiger partial charge in [-0.2, -0.15) is 0 Å². The van der Waals surface area contributed by atoms with Gasteiger partial charge >= 0.3 is 5.97 Å². The maximum Gasteiger partial charge on any atom is 0.337 e. The topological polar surface area (TPSA) is 70.0 Å². The number of aromatic carboxylic acids is 1. The van der Waals surface area contributed by atoms with Gasteiger partial charge in [-0.05, 0) is 19.1 Å². The summed E-state index contributed by atoms with van der Waals surface area (Å²) in [7, 11) is 0. The molecule has 2 atom stereocenters. The Labute approximate surface area is 110 Å². The summed E-state index contributed by atoms with van der Waals surface area (Å²) in [6.07, 6.45) is -0.433. The zero-order chi connectivity index (χ0) is 14.0. The molecule has 0 saturated carbocycles. The van der Waals surface area contributed by atoms with Crippen molar-refractivity contribution in [1.82, 2.24) is 0 Å². The van der Waals surface area contributed by atoms with Gasteiger partial charge in [0.2, 0.25) is 0 Å². The van der Waals surface area contributed by atoms with Gasteiger partial charge in [0.1, 0.15) is 5.82 Å². The number of rotatable bonds is 3. The van der Waals surface area contributed by atoms with Gasteiger partial charge < -0.3 is 19.8 Å². The molecule has 1 fully saturated rings. The molecule has 0 amide bonds. The van der Waals surface area contributed by atoms with E-state index in [-0.39, 0.29) is 30.4 Å². The van der Waals surface area contributed by atoms with Gasteiger partial charge in [0.05, 0.1) is 30.6 Å². The van der Waals surface area contributed by atoms with Crippen LogP contribution in [-0.2, 0) is 4.74 Å². The highest BCUT2D eigenvalue weighted by molar-refractivity contribution is 5.94. The smallest absolute Gasteiger partial charge is 0.337 e. The lowest BCUT2D eigenvalue weighted by atomic mass is 10.1. The number of carboxylic acids is 1. The van der Waals surface area contributed by atoms with E-state index in [0.717, 1.165) is 0 Å². The van der Waals surface area contributed by atoms with Gasteiger partial charge in [0.15, 0.2) is 0 Å². The summed E-state index contributed by atoms with van der Waals surface area (Å²) in [5.41, 5.74) is -0.0188. The summed E-state index contributed by atoms with van der Waals surface area (Å²) in [5.74, 6) is -1.75. The number of carboxylic acid groups (broad SMARTS) is 1. The van der Waals surface area contributed by atoms with Gasteiger partial charge in [-0.3, -0.25) is 0 Å². The molecule has 19 heavy (non-hydrogen) atoms. The minimum atomic E-state index is -1.17. The van der Waals surface area contributed by atoms with E-state index in [1.165, 1.54) is 18.2 Å². The molecule has 2 rings (SSSR count). The van der Waals surface area contributed by atoms with E-state index in [2.05, 4.69) is 0 Å². The molecule has 0 aromatic heterocycles. The Balaban J connectivity index is 2.41. The first-order valence-corrected chi connectivity index (χ1v) is 6.05. The first-order chi connectivity index (χ1) is 9.04. The van der Waals surface area contributed by atoms with Crippen LogP contribution in [0.2, 0.25) is 0 Å². The standard InChI is InChI=1S/C13H16FNO4/c1-8-7-19-9(6-16)5-15(8)12-10(13(17)18)3-2-4-11(12)14/h2-4,8-9,16H,5-7H2,1H3,(H,17,18). The molecule has 2 unspecified atom stereocenters. The Kier molecular flexibility index (Phi) is 4.01. The van der Waals surface area contributed by atoms with E-state index in [1.54, 1.807) is 4.90 Å². The number of nitrogens with zero attached hydrogens (tertiary/aromatic N) is 1. The molecule has 0 spiro atoms. The number of aliphatic hydroxyl groups excluding tert-OH is 1. The highest BCUT2D eigenvalue weighted by atomic mass is 19.1. The third-order valence-corrected chi connectivity index (χ3v) is 3.21. The van der Waals surface area contributed by atoms with Crippen LogP contribution in [-0.4, -0.2) is 48.1 Å². The molecule has 5 nitrogen and oxygen atoms in total. The lowest BCUT2D eigenvalue weighted by molar-refractivity contribution is -0.0106. The van der Waals surface area contributed by atoms with Crippen LogP contribution >= 0.6 is 0 Å². The Morgan fingerprint density at radius 3 is 2.95 bits per heavy atom. The summed E-state index contributed by atoms with van der Waals surface area (Å²) in [6.45, 7) is 2.23. The van der Waals surface area contributed by atoms with Crippen LogP contribution in [0.4, 0.5) is 10.1 Å². The molecule has 1 saturated heterocycles. The van der Waals surface area contributed by atoms with Crippen molar-refractivity contribution in [3.05, 3.63) is 29.6 Å². The quantitative estimate of drug-likeness (QED) is 0.860. The molecule has 1 aromatic rings. The zero-order valence-electron chi connectivity index (χ0n) is 10.5. The van der Waals surface area contributed by atoms with Crippen LogP contribution in [0.3, 0.4) is 0 Å². The summed E-state index contributed by atoms with van der Waals surface area (Å²) >= 11 is 0. The normalized spacial score (nSPS) is 23.4. The number of morpholine rings is 1. The number of aliphatic hydroxyl groups is 1. The van der Waals surface area contributed by atoms with Crippen LogP contribution < -0.4 is 4.90 Å². The molecule has 1 aromatic carbocycles. The fourth-order valence-corrected chi connectivity index (χ4v) is 2.22. The van der Waals surface area contributed by atoms with E-state index >= 15 is 0 Å². The average Bonchev–Trinajstić information content (AvgIpc) is 2.39. The van der Waals surface area contributed by atoms with Crippen molar-refractivity contribution in [2.75, 3.05) is 24.7 Å². The maximum atomic E-state index is 14.0. The second kappa shape index (κ2) is 5.54. The largest absolute Gasteiger partial charge is 0.478 e. The molecular weight excluding hydrogens is 253 g/mol. The minimum absolute atomic E-state index is 0.0595. The molecule has 1 heterocycles. The van der Waals surface area contributed by atoms with Crippen LogP contribution in [0, 0.1) is 5.82 Å². The third kappa shape index (κ3) is 2.69. The molecule has 6 heteroatoms. The molecule has 2 N–H and O–H groups in total. The summed E-state index contributed by atoms with van der Waals surface area (Å²) in [4.78, 5) is 12.8. The first-order valence-electron chi connectivity index (χ1n) is 6.05. The second-order valence-electron chi connectivity index (χ2n) is 4.58.